The van der Waals surface area contributed by atoms with Crippen molar-refractivity contribution in [1.82, 2.24) is 41.0 Å². The van der Waals surface area contributed by atoms with Crippen molar-refractivity contribution >= 4 is 44.3 Å². The minimum absolute atomic E-state index is 0.0107. The Kier molecular flexibility index (Phi) is 7.65. The predicted molar refractivity (Wildman–Crippen MR) is 136 cm³/mol. The van der Waals surface area contributed by atoms with Crippen LogP contribution in [0.25, 0.3) is 0 Å². The van der Waals surface area contributed by atoms with Gasteiger partial charge in [-0.15, -0.1) is 43.1 Å². The van der Waals surface area contributed by atoms with Crippen molar-refractivity contribution in [2.24, 2.45) is 0 Å². The van der Waals surface area contributed by atoms with Crippen LogP contribution in [0.15, 0.2) is 59.8 Å². The van der Waals surface area contributed by atoms with Crippen LogP contribution in [0.4, 0.5) is 0 Å². The SMILES string of the molecule is CC(NC(=O)Cc1ccccn1)(c1nncs1)S(=O)(=O)C(C)(NC(=O)Cc1ccccn1)c1nncs1. The van der Waals surface area contributed by atoms with E-state index in [-0.39, 0.29) is 22.9 Å². The number of amides is 2. The number of carbonyl (C=O) groups is 2. The van der Waals surface area contributed by atoms with Gasteiger partial charge >= 0.3 is 0 Å². The highest BCUT2D eigenvalue weighted by molar-refractivity contribution is 7.93. The Hall–Kier alpha value is -3.69. The fourth-order valence-electron chi connectivity index (χ4n) is 3.60. The minimum atomic E-state index is -4.57. The molecule has 192 valence electrons. The molecule has 0 fully saturated rings. The van der Waals surface area contributed by atoms with Gasteiger partial charge in [-0.3, -0.25) is 19.6 Å². The van der Waals surface area contributed by atoms with Crippen LogP contribution in [0.2, 0.25) is 0 Å². The zero-order valence-electron chi connectivity index (χ0n) is 19.7. The summed E-state index contributed by atoms with van der Waals surface area (Å²) in [5, 5.41) is 20.7. The van der Waals surface area contributed by atoms with Gasteiger partial charge in [0.2, 0.25) is 21.7 Å². The van der Waals surface area contributed by atoms with E-state index in [1.807, 2.05) is 0 Å². The van der Waals surface area contributed by atoms with E-state index in [1.54, 1.807) is 36.4 Å². The molecule has 2 unspecified atom stereocenters. The molecule has 0 aliphatic heterocycles. The van der Waals surface area contributed by atoms with Crippen molar-refractivity contribution in [3.8, 4) is 0 Å². The molecule has 0 saturated carbocycles. The van der Waals surface area contributed by atoms with E-state index in [2.05, 4.69) is 41.0 Å². The Morgan fingerprint density at radius 1 is 0.784 bits per heavy atom. The summed E-state index contributed by atoms with van der Waals surface area (Å²) >= 11 is 1.91. The smallest absolute Gasteiger partial charge is 0.227 e. The van der Waals surface area contributed by atoms with E-state index < -0.39 is 31.4 Å². The zero-order valence-corrected chi connectivity index (χ0v) is 22.2. The lowest BCUT2D eigenvalue weighted by molar-refractivity contribution is -0.122. The van der Waals surface area contributed by atoms with E-state index >= 15 is 0 Å². The third-order valence-corrected chi connectivity index (χ3v) is 10.3. The van der Waals surface area contributed by atoms with Crippen LogP contribution in [-0.4, -0.2) is 50.6 Å². The number of carbonyl (C=O) groups excluding carboxylic acids is 2. The van der Waals surface area contributed by atoms with E-state index in [4.69, 9.17) is 0 Å². The number of hydrogen-bond acceptors (Lipinski definition) is 12. The summed E-state index contributed by atoms with van der Waals surface area (Å²) in [5.41, 5.74) is 3.62. The van der Waals surface area contributed by atoms with Crippen LogP contribution in [0, 0.1) is 0 Å². The number of nitrogens with one attached hydrogen (secondary N) is 2. The average molecular weight is 559 g/mol. The lowest BCUT2D eigenvalue weighted by atomic mass is 10.2. The van der Waals surface area contributed by atoms with Crippen molar-refractivity contribution < 1.29 is 18.0 Å². The molecule has 4 aromatic rings. The van der Waals surface area contributed by atoms with Gasteiger partial charge in [0.1, 0.15) is 11.0 Å². The molecule has 0 aliphatic rings. The van der Waals surface area contributed by atoms with Crippen LogP contribution >= 0.6 is 22.7 Å². The highest BCUT2D eigenvalue weighted by Crippen LogP contribution is 2.41. The molecule has 0 radical (unpaired) electrons. The van der Waals surface area contributed by atoms with E-state index in [1.165, 1.54) is 37.3 Å². The first kappa shape index (κ1) is 26.4. The van der Waals surface area contributed by atoms with Crippen LogP contribution in [0.5, 0.6) is 0 Å². The third-order valence-electron chi connectivity index (χ3n) is 5.50. The summed E-state index contributed by atoms with van der Waals surface area (Å²) in [4.78, 5) is 30.2. The fourth-order valence-corrected chi connectivity index (χ4v) is 7.53. The van der Waals surface area contributed by atoms with Crippen molar-refractivity contribution in [3.63, 3.8) is 0 Å². The molecule has 12 nitrogen and oxygen atoms in total. The van der Waals surface area contributed by atoms with Crippen LogP contribution < -0.4 is 10.6 Å². The lowest BCUT2D eigenvalue weighted by Crippen LogP contribution is -2.61. The average Bonchev–Trinajstić information content (AvgIpc) is 3.60. The number of hydrogen-bond donors (Lipinski definition) is 2. The molecule has 0 bridgehead atoms. The molecule has 37 heavy (non-hydrogen) atoms. The van der Waals surface area contributed by atoms with Gasteiger partial charge in [0.15, 0.2) is 19.8 Å². The molecule has 0 aromatic carbocycles. The highest BCUT2D eigenvalue weighted by Gasteiger charge is 2.58. The molecule has 4 rings (SSSR count). The normalized spacial score (nSPS) is 14.8. The standard InChI is InChI=1S/C22H22N8O4S3/c1-21(19-29-25-13-35-19,27-17(31)11-15-7-3-5-9-23-15)37(33,34)22(2,20-30-26-14-36-20)28-18(32)12-16-8-4-6-10-24-16/h3-10,13-14H,11-12H2,1-2H3,(H,27,31)(H,28,32). The van der Waals surface area contributed by atoms with Crippen molar-refractivity contribution in [3.05, 3.63) is 81.2 Å². The number of nitrogens with zero attached hydrogens (tertiary/aromatic N) is 6. The van der Waals surface area contributed by atoms with Gasteiger partial charge in [0.05, 0.1) is 12.8 Å². The second-order valence-corrected chi connectivity index (χ2v) is 12.5. The molecule has 0 saturated heterocycles. The van der Waals surface area contributed by atoms with Crippen molar-refractivity contribution in [1.29, 1.82) is 0 Å². The molecule has 2 atom stereocenters. The zero-order chi connectivity index (χ0) is 26.5. The number of pyridine rings is 2. The summed E-state index contributed by atoms with van der Waals surface area (Å²) < 4.78 is 28.9. The molecular formula is C22H22N8O4S3. The number of aromatic nitrogens is 6. The molecular weight excluding hydrogens is 536 g/mol. The summed E-state index contributed by atoms with van der Waals surface area (Å²) in [6.45, 7) is 2.62. The summed E-state index contributed by atoms with van der Waals surface area (Å²) in [6, 6.07) is 10.2. The first-order chi connectivity index (χ1) is 17.7. The first-order valence-corrected chi connectivity index (χ1v) is 14.1. The van der Waals surface area contributed by atoms with Crippen LogP contribution in [0.3, 0.4) is 0 Å². The Bertz CT molecular complexity index is 1350. The summed E-state index contributed by atoms with van der Waals surface area (Å²) in [6.07, 6.45) is 2.72. The maximum absolute atomic E-state index is 14.5. The molecule has 15 heteroatoms. The second-order valence-electron chi connectivity index (χ2n) is 8.15. The number of rotatable bonds is 10. The van der Waals surface area contributed by atoms with Gasteiger partial charge < -0.3 is 10.6 Å². The lowest BCUT2D eigenvalue weighted by Gasteiger charge is -2.37. The largest absolute Gasteiger partial charge is 0.331 e. The van der Waals surface area contributed by atoms with E-state index in [9.17, 15) is 18.0 Å². The van der Waals surface area contributed by atoms with E-state index in [0.717, 1.165) is 22.7 Å². The molecule has 4 heterocycles. The minimum Gasteiger partial charge on any atom is -0.331 e. The Morgan fingerprint density at radius 3 is 1.54 bits per heavy atom. The fraction of sp³-hybridized carbons (Fsp3) is 0.273. The quantitative estimate of drug-likeness (QED) is 0.290. The molecule has 2 N–H and O–H groups in total. The molecule has 0 aliphatic carbocycles. The van der Waals surface area contributed by atoms with Gasteiger partial charge in [-0.2, -0.15) is 0 Å². The third kappa shape index (κ3) is 5.38. The first-order valence-electron chi connectivity index (χ1n) is 10.8. The van der Waals surface area contributed by atoms with Gasteiger partial charge in [-0.05, 0) is 38.1 Å². The van der Waals surface area contributed by atoms with Gasteiger partial charge in [-0.1, -0.05) is 12.1 Å². The maximum atomic E-state index is 14.5. The number of sulfone groups is 1. The Balaban J connectivity index is 1.73. The van der Waals surface area contributed by atoms with E-state index in [0.29, 0.717) is 11.4 Å². The summed E-state index contributed by atoms with van der Waals surface area (Å²) in [7, 11) is -4.57. The molecule has 4 aromatic heterocycles. The second kappa shape index (κ2) is 10.7. The highest BCUT2D eigenvalue weighted by atomic mass is 32.2. The topological polar surface area (TPSA) is 170 Å². The summed E-state index contributed by atoms with van der Waals surface area (Å²) in [5.74, 6) is -1.22. The van der Waals surface area contributed by atoms with Gasteiger partial charge in [-0.25, -0.2) is 8.42 Å². The van der Waals surface area contributed by atoms with Gasteiger partial charge in [0, 0.05) is 23.8 Å². The van der Waals surface area contributed by atoms with Crippen LogP contribution in [-0.2, 0) is 42.0 Å². The Morgan fingerprint density at radius 2 is 1.22 bits per heavy atom. The predicted octanol–water partition coefficient (Wildman–Crippen LogP) is 1.36. The van der Waals surface area contributed by atoms with Crippen molar-refractivity contribution in [2.75, 3.05) is 0 Å². The Labute approximate surface area is 220 Å². The van der Waals surface area contributed by atoms with Gasteiger partial charge in [0.25, 0.3) is 0 Å². The van der Waals surface area contributed by atoms with Crippen molar-refractivity contribution in [2.45, 2.75) is 36.4 Å². The molecule has 2 amide bonds. The monoisotopic (exact) mass is 558 g/mol. The maximum Gasteiger partial charge on any atom is 0.227 e. The van der Waals surface area contributed by atoms with Crippen LogP contribution in [0.1, 0.15) is 35.3 Å². The molecule has 0 spiro atoms.